The van der Waals surface area contributed by atoms with Gasteiger partial charge in [-0.05, 0) is 43.5 Å². The second-order valence-corrected chi connectivity index (χ2v) is 6.36. The molecule has 1 aromatic heterocycles. The van der Waals surface area contributed by atoms with Crippen molar-refractivity contribution in [1.29, 1.82) is 5.26 Å². The molecule has 25 heavy (non-hydrogen) atoms. The molecule has 130 valence electrons. The Labute approximate surface area is 145 Å². The molecule has 0 aliphatic carbocycles. The van der Waals surface area contributed by atoms with Crippen molar-refractivity contribution in [3.05, 3.63) is 50.2 Å². The Bertz CT molecular complexity index is 975. The lowest BCUT2D eigenvalue weighted by atomic mass is 10.1. The van der Waals surface area contributed by atoms with Crippen LogP contribution in [0.2, 0.25) is 0 Å². The fourth-order valence-corrected chi connectivity index (χ4v) is 3.27. The second-order valence-electron chi connectivity index (χ2n) is 6.36. The molecule has 2 heterocycles. The summed E-state index contributed by atoms with van der Waals surface area (Å²) >= 11 is 0. The van der Waals surface area contributed by atoms with Gasteiger partial charge in [0.15, 0.2) is 5.56 Å². The van der Waals surface area contributed by atoms with Crippen LogP contribution in [0.1, 0.15) is 24.0 Å². The van der Waals surface area contributed by atoms with Gasteiger partial charge in [0.25, 0.3) is 5.56 Å². The van der Waals surface area contributed by atoms with Crippen LogP contribution >= 0.6 is 0 Å². The third kappa shape index (κ3) is 2.91. The molecule has 1 fully saturated rings. The summed E-state index contributed by atoms with van der Waals surface area (Å²) in [7, 11) is 2.90. The maximum absolute atomic E-state index is 12.2. The topological polar surface area (TPSA) is 83.1 Å². The highest BCUT2D eigenvalue weighted by atomic mass is 16.2. The number of hydrogen-bond donors (Lipinski definition) is 1. The van der Waals surface area contributed by atoms with Crippen molar-refractivity contribution in [2.75, 3.05) is 23.3 Å². The Morgan fingerprint density at radius 3 is 2.40 bits per heavy atom. The summed E-state index contributed by atoms with van der Waals surface area (Å²) in [5, 5.41) is 12.4. The SMILES string of the molecule is Cc1cc(Nc2c(C#N)c(=O)n(C)c(=O)n2C)ccc1N1CCCC1. The molecule has 0 spiro atoms. The number of aromatic nitrogens is 2. The number of nitrogens with zero attached hydrogens (tertiary/aromatic N) is 4. The number of nitrogens with one attached hydrogen (secondary N) is 1. The number of benzene rings is 1. The van der Waals surface area contributed by atoms with Crippen molar-refractivity contribution in [3.8, 4) is 6.07 Å². The predicted octanol–water partition coefficient (Wildman–Crippen LogP) is 1.61. The van der Waals surface area contributed by atoms with Gasteiger partial charge in [0.2, 0.25) is 0 Å². The molecule has 0 unspecified atom stereocenters. The van der Waals surface area contributed by atoms with E-state index < -0.39 is 11.2 Å². The Balaban J connectivity index is 2.01. The zero-order valence-electron chi connectivity index (χ0n) is 14.7. The number of nitriles is 1. The molecule has 1 aromatic carbocycles. The number of anilines is 3. The molecule has 1 N–H and O–H groups in total. The minimum absolute atomic E-state index is 0.0779. The van der Waals surface area contributed by atoms with Gasteiger partial charge in [-0.1, -0.05) is 0 Å². The Hall–Kier alpha value is -3.01. The van der Waals surface area contributed by atoms with E-state index in [9.17, 15) is 14.9 Å². The zero-order valence-corrected chi connectivity index (χ0v) is 14.7. The first-order valence-corrected chi connectivity index (χ1v) is 8.26. The smallest absolute Gasteiger partial charge is 0.332 e. The first kappa shape index (κ1) is 16.8. The molecule has 7 nitrogen and oxygen atoms in total. The molecule has 1 saturated heterocycles. The van der Waals surface area contributed by atoms with Crippen molar-refractivity contribution in [2.24, 2.45) is 14.1 Å². The van der Waals surface area contributed by atoms with E-state index in [1.807, 2.05) is 31.2 Å². The lowest BCUT2D eigenvalue weighted by Crippen LogP contribution is -2.39. The Morgan fingerprint density at radius 2 is 1.80 bits per heavy atom. The molecule has 3 rings (SSSR count). The van der Waals surface area contributed by atoms with Crippen molar-refractivity contribution < 1.29 is 0 Å². The van der Waals surface area contributed by atoms with Crippen molar-refractivity contribution in [2.45, 2.75) is 19.8 Å². The number of hydrogen-bond acceptors (Lipinski definition) is 5. The molecule has 0 amide bonds. The van der Waals surface area contributed by atoms with E-state index in [1.54, 1.807) is 0 Å². The van der Waals surface area contributed by atoms with Gasteiger partial charge in [0.05, 0.1) is 0 Å². The standard InChI is InChI=1S/C18H21N5O2/c1-12-10-13(6-7-15(12)23-8-4-5-9-23)20-16-14(11-19)17(24)22(3)18(25)21(16)2/h6-7,10,20H,4-5,8-9H2,1-3H3. The predicted molar refractivity (Wildman–Crippen MR) is 97.5 cm³/mol. The quantitative estimate of drug-likeness (QED) is 0.918. The first-order valence-electron chi connectivity index (χ1n) is 8.26. The molecule has 0 bridgehead atoms. The zero-order chi connectivity index (χ0) is 18.1. The van der Waals surface area contributed by atoms with E-state index in [1.165, 1.54) is 37.2 Å². The first-order chi connectivity index (χ1) is 11.9. The van der Waals surface area contributed by atoms with E-state index in [2.05, 4.69) is 10.2 Å². The molecule has 1 aliphatic rings. The highest BCUT2D eigenvalue weighted by Crippen LogP contribution is 2.28. The van der Waals surface area contributed by atoms with Gasteiger partial charge in [-0.3, -0.25) is 13.9 Å². The van der Waals surface area contributed by atoms with Crippen LogP contribution in [0.5, 0.6) is 0 Å². The molecule has 1 aliphatic heterocycles. The molecule has 7 heteroatoms. The molecule has 0 atom stereocenters. The van der Waals surface area contributed by atoms with Crippen molar-refractivity contribution in [3.63, 3.8) is 0 Å². The third-order valence-corrected chi connectivity index (χ3v) is 4.68. The molecule has 2 aromatic rings. The minimum atomic E-state index is -0.599. The van der Waals surface area contributed by atoms with Crippen LogP contribution < -0.4 is 21.5 Å². The molecular formula is C18H21N5O2. The summed E-state index contributed by atoms with van der Waals surface area (Å²) in [5.74, 6) is 0.212. The highest BCUT2D eigenvalue weighted by Gasteiger charge is 2.17. The lowest BCUT2D eigenvalue weighted by Gasteiger charge is -2.21. The normalized spacial score (nSPS) is 13.8. The van der Waals surface area contributed by atoms with Gasteiger partial charge in [0.1, 0.15) is 11.9 Å². The average molecular weight is 339 g/mol. The van der Waals surface area contributed by atoms with Crippen LogP contribution in [0.25, 0.3) is 0 Å². The number of aryl methyl sites for hydroxylation is 1. The van der Waals surface area contributed by atoms with E-state index in [-0.39, 0.29) is 11.4 Å². The molecule has 0 saturated carbocycles. The maximum atomic E-state index is 12.2. The highest BCUT2D eigenvalue weighted by molar-refractivity contribution is 5.67. The summed E-state index contributed by atoms with van der Waals surface area (Å²) < 4.78 is 2.22. The van der Waals surface area contributed by atoms with Gasteiger partial charge in [-0.15, -0.1) is 0 Å². The van der Waals surface area contributed by atoms with E-state index in [0.29, 0.717) is 0 Å². The van der Waals surface area contributed by atoms with Crippen LogP contribution in [0.3, 0.4) is 0 Å². The Kier molecular flexibility index (Phi) is 4.36. The third-order valence-electron chi connectivity index (χ3n) is 4.68. The van der Waals surface area contributed by atoms with E-state index in [0.717, 1.165) is 28.9 Å². The monoisotopic (exact) mass is 339 g/mol. The maximum Gasteiger partial charge on any atom is 0.332 e. The van der Waals surface area contributed by atoms with Crippen LogP contribution in [0, 0.1) is 18.3 Å². The summed E-state index contributed by atoms with van der Waals surface area (Å²) in [6.45, 7) is 4.16. The summed E-state index contributed by atoms with van der Waals surface area (Å²) in [6.07, 6.45) is 2.42. The largest absolute Gasteiger partial charge is 0.371 e. The average Bonchev–Trinajstić information content (AvgIpc) is 3.12. The summed E-state index contributed by atoms with van der Waals surface area (Å²) in [4.78, 5) is 26.6. The van der Waals surface area contributed by atoms with E-state index in [4.69, 9.17) is 0 Å². The fourth-order valence-electron chi connectivity index (χ4n) is 3.27. The van der Waals surface area contributed by atoms with Crippen LogP contribution in [-0.4, -0.2) is 22.2 Å². The minimum Gasteiger partial charge on any atom is -0.371 e. The van der Waals surface area contributed by atoms with Crippen LogP contribution in [0.4, 0.5) is 17.2 Å². The molecular weight excluding hydrogens is 318 g/mol. The fraction of sp³-hybridized carbons (Fsp3) is 0.389. The van der Waals surface area contributed by atoms with E-state index >= 15 is 0 Å². The van der Waals surface area contributed by atoms with Crippen molar-refractivity contribution in [1.82, 2.24) is 9.13 Å². The van der Waals surface area contributed by atoms with Crippen LogP contribution in [0.15, 0.2) is 27.8 Å². The lowest BCUT2D eigenvalue weighted by molar-refractivity contribution is 0.689. The van der Waals surface area contributed by atoms with Gasteiger partial charge in [0, 0.05) is 38.6 Å². The van der Waals surface area contributed by atoms with Gasteiger partial charge in [-0.25, -0.2) is 4.79 Å². The second kappa shape index (κ2) is 6.48. The van der Waals surface area contributed by atoms with Crippen molar-refractivity contribution >= 4 is 17.2 Å². The van der Waals surface area contributed by atoms with Gasteiger partial charge < -0.3 is 10.2 Å². The Morgan fingerprint density at radius 1 is 1.12 bits per heavy atom. The summed E-state index contributed by atoms with van der Waals surface area (Å²) in [6, 6.07) is 7.81. The number of rotatable bonds is 3. The van der Waals surface area contributed by atoms with Crippen LogP contribution in [-0.2, 0) is 14.1 Å². The van der Waals surface area contributed by atoms with Gasteiger partial charge in [-0.2, -0.15) is 5.26 Å². The summed E-state index contributed by atoms with van der Waals surface area (Å²) in [5.41, 5.74) is 1.89. The van der Waals surface area contributed by atoms with Gasteiger partial charge >= 0.3 is 5.69 Å². The molecule has 0 radical (unpaired) electrons.